The smallest absolute Gasteiger partial charge is 0.241 e. The van der Waals surface area contributed by atoms with Crippen LogP contribution in [0.4, 0.5) is 5.69 Å². The molecule has 1 N–H and O–H groups in total. The predicted octanol–water partition coefficient (Wildman–Crippen LogP) is 1.19. The van der Waals surface area contributed by atoms with Crippen LogP contribution < -0.4 is 4.90 Å². The fourth-order valence-electron chi connectivity index (χ4n) is 2.23. The van der Waals surface area contributed by atoms with Crippen LogP contribution in [0.15, 0.2) is 24.3 Å². The van der Waals surface area contributed by atoms with Crippen molar-refractivity contribution in [3.8, 4) is 0 Å². The molecule has 1 aromatic rings. The van der Waals surface area contributed by atoms with Crippen LogP contribution in [0.5, 0.6) is 0 Å². The maximum atomic E-state index is 11.8. The Kier molecular flexibility index (Phi) is 3.30. The normalized spacial score (nSPS) is 17.2. The van der Waals surface area contributed by atoms with E-state index in [0.717, 1.165) is 24.3 Å². The number of amides is 1. The molecule has 0 unspecified atom stereocenters. The molecule has 0 bridgehead atoms. The lowest BCUT2D eigenvalue weighted by Crippen LogP contribution is -2.49. The molecule has 2 rings (SSSR count). The van der Waals surface area contributed by atoms with E-state index in [0.29, 0.717) is 6.54 Å². The minimum Gasteiger partial charge on any atom is -0.386 e. The summed E-state index contributed by atoms with van der Waals surface area (Å²) in [5, 5.41) is 10.2. The van der Waals surface area contributed by atoms with Crippen molar-refractivity contribution in [2.24, 2.45) is 0 Å². The minimum absolute atomic E-state index is 0.117. The molecule has 1 saturated heterocycles. The molecule has 98 valence electrons. The van der Waals surface area contributed by atoms with Crippen LogP contribution in [0.3, 0.4) is 0 Å². The summed E-state index contributed by atoms with van der Waals surface area (Å²) in [6.45, 7) is 5.44. The zero-order chi connectivity index (χ0) is 13.3. The lowest BCUT2D eigenvalue weighted by Gasteiger charge is -2.36. The van der Waals surface area contributed by atoms with E-state index in [1.165, 1.54) is 0 Å². The first kappa shape index (κ1) is 12.9. The van der Waals surface area contributed by atoms with Crippen molar-refractivity contribution < 1.29 is 9.90 Å². The molecular formula is C14H20N2O2. The van der Waals surface area contributed by atoms with E-state index in [-0.39, 0.29) is 5.91 Å². The van der Waals surface area contributed by atoms with Crippen molar-refractivity contribution in [2.45, 2.75) is 19.4 Å². The van der Waals surface area contributed by atoms with Crippen LogP contribution in [-0.4, -0.2) is 42.6 Å². The molecule has 0 aliphatic carbocycles. The number of benzene rings is 1. The van der Waals surface area contributed by atoms with Crippen molar-refractivity contribution in [3.05, 3.63) is 29.8 Å². The second kappa shape index (κ2) is 4.61. The highest BCUT2D eigenvalue weighted by molar-refractivity contribution is 5.83. The average molecular weight is 248 g/mol. The van der Waals surface area contributed by atoms with Crippen LogP contribution in [0.2, 0.25) is 0 Å². The molecule has 1 heterocycles. The predicted molar refractivity (Wildman–Crippen MR) is 71.5 cm³/mol. The molecular weight excluding hydrogens is 228 g/mol. The quantitative estimate of drug-likeness (QED) is 0.855. The average Bonchev–Trinajstić information content (AvgIpc) is 2.32. The van der Waals surface area contributed by atoms with Crippen molar-refractivity contribution >= 4 is 11.6 Å². The van der Waals surface area contributed by atoms with Crippen LogP contribution in [0.1, 0.15) is 19.4 Å². The van der Waals surface area contributed by atoms with Gasteiger partial charge in [0.25, 0.3) is 0 Å². The number of nitrogens with zero attached hydrogens (tertiary/aromatic N) is 2. The summed E-state index contributed by atoms with van der Waals surface area (Å²) < 4.78 is 0. The van der Waals surface area contributed by atoms with E-state index in [1.807, 2.05) is 36.2 Å². The van der Waals surface area contributed by atoms with Gasteiger partial charge in [0.1, 0.15) is 0 Å². The number of para-hydroxylation sites is 1. The Balaban J connectivity index is 2.32. The Morgan fingerprint density at radius 3 is 2.50 bits per heavy atom. The number of piperazine rings is 1. The van der Waals surface area contributed by atoms with Gasteiger partial charge < -0.3 is 14.9 Å². The Bertz CT molecular complexity index is 451. The summed E-state index contributed by atoms with van der Waals surface area (Å²) in [5.41, 5.74) is 0.914. The van der Waals surface area contributed by atoms with E-state index in [1.54, 1.807) is 18.7 Å². The molecule has 1 fully saturated rings. The number of carbonyl (C=O) groups excluding carboxylic acids is 1. The molecule has 4 heteroatoms. The van der Waals surface area contributed by atoms with Gasteiger partial charge in [-0.05, 0) is 19.9 Å². The molecule has 1 aromatic carbocycles. The van der Waals surface area contributed by atoms with E-state index in [4.69, 9.17) is 0 Å². The highest BCUT2D eigenvalue weighted by atomic mass is 16.3. The summed E-state index contributed by atoms with van der Waals surface area (Å²) in [4.78, 5) is 15.5. The minimum atomic E-state index is -0.900. The number of rotatable bonds is 2. The molecule has 18 heavy (non-hydrogen) atoms. The molecule has 4 nitrogen and oxygen atoms in total. The molecule has 0 aromatic heterocycles. The Hall–Kier alpha value is -1.55. The van der Waals surface area contributed by atoms with E-state index >= 15 is 0 Å². The number of aliphatic hydroxyl groups is 1. The van der Waals surface area contributed by atoms with Gasteiger partial charge in [-0.25, -0.2) is 0 Å². The van der Waals surface area contributed by atoms with Crippen LogP contribution >= 0.6 is 0 Å². The molecule has 0 spiro atoms. The van der Waals surface area contributed by atoms with Crippen molar-refractivity contribution in [1.29, 1.82) is 0 Å². The molecule has 1 aliphatic heterocycles. The first-order valence-corrected chi connectivity index (χ1v) is 6.20. The first-order valence-electron chi connectivity index (χ1n) is 6.20. The zero-order valence-electron chi connectivity index (χ0n) is 11.2. The molecule has 0 atom stereocenters. The number of anilines is 1. The summed E-state index contributed by atoms with van der Waals surface area (Å²) in [5.74, 6) is 0.117. The van der Waals surface area contributed by atoms with Gasteiger partial charge in [0.2, 0.25) is 5.91 Å². The van der Waals surface area contributed by atoms with Gasteiger partial charge in [-0.15, -0.1) is 0 Å². The molecule has 0 radical (unpaired) electrons. The maximum absolute atomic E-state index is 11.8. The van der Waals surface area contributed by atoms with Crippen molar-refractivity contribution in [2.75, 3.05) is 31.6 Å². The largest absolute Gasteiger partial charge is 0.386 e. The number of hydrogen-bond donors (Lipinski definition) is 1. The van der Waals surface area contributed by atoms with E-state index in [9.17, 15) is 9.90 Å². The fraction of sp³-hybridized carbons (Fsp3) is 0.500. The first-order chi connectivity index (χ1) is 8.39. The Labute approximate surface area is 108 Å². The van der Waals surface area contributed by atoms with Gasteiger partial charge in [0.15, 0.2) is 0 Å². The molecule has 1 aliphatic rings. The third kappa shape index (κ3) is 2.48. The van der Waals surface area contributed by atoms with E-state index in [2.05, 4.69) is 0 Å². The molecule has 1 amide bonds. The fourth-order valence-corrected chi connectivity index (χ4v) is 2.23. The van der Waals surface area contributed by atoms with E-state index < -0.39 is 5.60 Å². The van der Waals surface area contributed by atoms with Crippen LogP contribution in [0.25, 0.3) is 0 Å². The number of likely N-dealkylation sites (N-methyl/N-ethyl adjacent to an activating group) is 1. The molecule has 0 saturated carbocycles. The zero-order valence-corrected chi connectivity index (χ0v) is 11.2. The topological polar surface area (TPSA) is 43.8 Å². The van der Waals surface area contributed by atoms with Gasteiger partial charge in [0.05, 0.1) is 12.1 Å². The van der Waals surface area contributed by atoms with Crippen LogP contribution in [0, 0.1) is 0 Å². The maximum Gasteiger partial charge on any atom is 0.241 e. The van der Waals surface area contributed by atoms with Gasteiger partial charge in [0, 0.05) is 31.4 Å². The Morgan fingerprint density at radius 1 is 1.22 bits per heavy atom. The van der Waals surface area contributed by atoms with Crippen molar-refractivity contribution in [1.82, 2.24) is 4.90 Å². The van der Waals surface area contributed by atoms with Gasteiger partial charge in [-0.2, -0.15) is 0 Å². The monoisotopic (exact) mass is 248 g/mol. The lowest BCUT2D eigenvalue weighted by molar-refractivity contribution is -0.129. The summed E-state index contributed by atoms with van der Waals surface area (Å²) in [6.07, 6.45) is 0. The lowest BCUT2D eigenvalue weighted by atomic mass is 9.95. The van der Waals surface area contributed by atoms with Gasteiger partial charge in [-0.3, -0.25) is 4.79 Å². The van der Waals surface area contributed by atoms with Crippen LogP contribution in [-0.2, 0) is 10.4 Å². The third-order valence-corrected chi connectivity index (χ3v) is 3.36. The second-order valence-corrected chi connectivity index (χ2v) is 5.31. The standard InChI is InChI=1S/C14H20N2O2/c1-14(2,18)11-6-4-5-7-12(11)16-9-8-15(3)13(17)10-16/h4-7,18H,8-10H2,1-3H3. The highest BCUT2D eigenvalue weighted by Crippen LogP contribution is 2.30. The SMILES string of the molecule is CN1CCN(c2ccccc2C(C)(C)O)CC1=O. The highest BCUT2D eigenvalue weighted by Gasteiger charge is 2.26. The third-order valence-electron chi connectivity index (χ3n) is 3.36. The number of carbonyl (C=O) groups is 1. The summed E-state index contributed by atoms with van der Waals surface area (Å²) >= 11 is 0. The number of hydrogen-bond acceptors (Lipinski definition) is 3. The van der Waals surface area contributed by atoms with Crippen molar-refractivity contribution in [3.63, 3.8) is 0 Å². The Morgan fingerprint density at radius 2 is 1.89 bits per heavy atom. The van der Waals surface area contributed by atoms with Gasteiger partial charge >= 0.3 is 0 Å². The summed E-state index contributed by atoms with van der Waals surface area (Å²) in [7, 11) is 1.82. The summed E-state index contributed by atoms with van der Waals surface area (Å²) in [6, 6.07) is 7.73. The van der Waals surface area contributed by atoms with Gasteiger partial charge in [-0.1, -0.05) is 18.2 Å². The second-order valence-electron chi connectivity index (χ2n) is 5.31.